The van der Waals surface area contributed by atoms with Crippen molar-refractivity contribution in [2.24, 2.45) is 11.3 Å². The molecule has 1 atom stereocenters. The fourth-order valence-corrected chi connectivity index (χ4v) is 4.97. The van der Waals surface area contributed by atoms with Crippen LogP contribution in [0, 0.1) is 11.3 Å². The number of aryl methyl sites for hydroxylation is 1. The van der Waals surface area contributed by atoms with Crippen molar-refractivity contribution in [1.82, 2.24) is 19.5 Å². The second-order valence-corrected chi connectivity index (χ2v) is 8.96. The summed E-state index contributed by atoms with van der Waals surface area (Å²) in [6.45, 7) is 2.81. The van der Waals surface area contributed by atoms with Gasteiger partial charge in [0.15, 0.2) is 5.65 Å². The van der Waals surface area contributed by atoms with Gasteiger partial charge in [0.1, 0.15) is 29.2 Å². The number of rotatable bonds is 5. The quantitative estimate of drug-likeness (QED) is 0.448. The van der Waals surface area contributed by atoms with Gasteiger partial charge in [0.25, 0.3) is 0 Å². The van der Waals surface area contributed by atoms with E-state index in [0.29, 0.717) is 28.1 Å². The summed E-state index contributed by atoms with van der Waals surface area (Å²) in [6, 6.07) is 5.37. The Morgan fingerprint density at radius 2 is 2.07 bits per heavy atom. The topological polar surface area (TPSA) is 43.6 Å². The van der Waals surface area contributed by atoms with Gasteiger partial charge in [-0.2, -0.15) is 0 Å². The van der Waals surface area contributed by atoms with Gasteiger partial charge in [-0.05, 0) is 55.5 Å². The molecule has 0 radical (unpaired) electrons. The maximum Gasteiger partial charge on any atom is 0.164 e. The SMILES string of the molecule is CCc1nc2c(-c3ccc(Cl)cc3Cl)ncnc2n1CC1(C2CC2)C=CC(F)=CC1. The van der Waals surface area contributed by atoms with E-state index in [1.165, 1.54) is 12.8 Å². The molecule has 2 heterocycles. The van der Waals surface area contributed by atoms with Gasteiger partial charge >= 0.3 is 0 Å². The zero-order chi connectivity index (χ0) is 20.9. The summed E-state index contributed by atoms with van der Waals surface area (Å²) in [5.74, 6) is 1.35. The van der Waals surface area contributed by atoms with Crippen molar-refractivity contribution >= 4 is 34.4 Å². The Morgan fingerprint density at radius 1 is 1.23 bits per heavy atom. The Hall–Kier alpha value is -2.24. The number of allylic oxidation sites excluding steroid dienone is 4. The molecule has 30 heavy (non-hydrogen) atoms. The van der Waals surface area contributed by atoms with Crippen LogP contribution in [0.2, 0.25) is 10.0 Å². The molecule has 2 aliphatic carbocycles. The average Bonchev–Trinajstić information content (AvgIpc) is 3.53. The van der Waals surface area contributed by atoms with E-state index in [1.807, 2.05) is 6.07 Å². The van der Waals surface area contributed by atoms with Crippen molar-refractivity contribution in [3.05, 3.63) is 64.5 Å². The van der Waals surface area contributed by atoms with Gasteiger partial charge in [-0.1, -0.05) is 36.2 Å². The van der Waals surface area contributed by atoms with Gasteiger partial charge < -0.3 is 4.57 Å². The molecule has 5 rings (SSSR count). The molecule has 0 aliphatic heterocycles. The zero-order valence-electron chi connectivity index (χ0n) is 16.6. The third-order valence-electron chi connectivity index (χ3n) is 6.21. The first-order valence-electron chi connectivity index (χ1n) is 10.2. The third-order valence-corrected chi connectivity index (χ3v) is 6.76. The van der Waals surface area contributed by atoms with Crippen molar-refractivity contribution in [3.63, 3.8) is 0 Å². The number of fused-ring (bicyclic) bond motifs is 1. The van der Waals surface area contributed by atoms with Crippen molar-refractivity contribution in [3.8, 4) is 11.3 Å². The van der Waals surface area contributed by atoms with Crippen LogP contribution in [-0.2, 0) is 13.0 Å². The highest BCUT2D eigenvalue weighted by molar-refractivity contribution is 6.36. The highest BCUT2D eigenvalue weighted by Gasteiger charge is 2.44. The summed E-state index contributed by atoms with van der Waals surface area (Å²) >= 11 is 12.5. The monoisotopic (exact) mass is 442 g/mol. The van der Waals surface area contributed by atoms with E-state index in [1.54, 1.807) is 30.6 Å². The number of aromatic nitrogens is 4. The Kier molecular flexibility index (Phi) is 4.91. The van der Waals surface area contributed by atoms with Crippen LogP contribution < -0.4 is 0 Å². The molecule has 1 aromatic carbocycles. The predicted octanol–water partition coefficient (Wildman–Crippen LogP) is 6.57. The van der Waals surface area contributed by atoms with E-state index >= 15 is 0 Å². The van der Waals surface area contributed by atoms with E-state index < -0.39 is 0 Å². The van der Waals surface area contributed by atoms with Crippen LogP contribution in [0.5, 0.6) is 0 Å². The highest BCUT2D eigenvalue weighted by Crippen LogP contribution is 2.52. The maximum atomic E-state index is 13.7. The lowest BCUT2D eigenvalue weighted by atomic mass is 9.76. The molecule has 1 unspecified atom stereocenters. The molecule has 0 N–H and O–H groups in total. The lowest BCUT2D eigenvalue weighted by Crippen LogP contribution is -2.29. The first-order chi connectivity index (χ1) is 14.5. The van der Waals surface area contributed by atoms with Gasteiger partial charge in [0.2, 0.25) is 0 Å². The lowest BCUT2D eigenvalue weighted by molar-refractivity contribution is 0.271. The minimum atomic E-state index is -0.153. The molecule has 154 valence electrons. The molecule has 2 aliphatic rings. The molecule has 0 bridgehead atoms. The van der Waals surface area contributed by atoms with Crippen LogP contribution in [0.3, 0.4) is 0 Å². The van der Waals surface area contributed by atoms with E-state index in [9.17, 15) is 4.39 Å². The van der Waals surface area contributed by atoms with E-state index in [-0.39, 0.29) is 11.2 Å². The average molecular weight is 443 g/mol. The first kappa shape index (κ1) is 19.7. The normalized spacial score (nSPS) is 21.3. The van der Waals surface area contributed by atoms with Crippen LogP contribution in [-0.4, -0.2) is 19.5 Å². The Labute approximate surface area is 184 Å². The van der Waals surface area contributed by atoms with Crippen LogP contribution in [0.15, 0.2) is 48.6 Å². The minimum absolute atomic E-state index is 0.101. The van der Waals surface area contributed by atoms with Gasteiger partial charge in [-0.3, -0.25) is 0 Å². The summed E-state index contributed by atoms with van der Waals surface area (Å²) < 4.78 is 15.9. The van der Waals surface area contributed by atoms with Gasteiger partial charge in [0, 0.05) is 29.0 Å². The number of imidazole rings is 1. The molecule has 0 saturated heterocycles. The number of halogens is 3. The molecular formula is C23H21Cl2FN4. The van der Waals surface area contributed by atoms with Crippen molar-refractivity contribution in [1.29, 1.82) is 0 Å². The molecule has 0 spiro atoms. The number of nitrogens with zero attached hydrogens (tertiary/aromatic N) is 4. The summed E-state index contributed by atoms with van der Waals surface area (Å²) in [6.07, 6.45) is 10.7. The standard InChI is InChI=1S/C23H21Cl2FN4/c1-2-19-29-21-20(17-6-5-15(24)11-18(17)25)27-13-28-22(21)30(19)12-23(14-3-4-14)9-7-16(26)8-10-23/h5-9,11,13-14H,2-4,10,12H2,1H3. The van der Waals surface area contributed by atoms with Crippen LogP contribution in [0.25, 0.3) is 22.4 Å². The highest BCUT2D eigenvalue weighted by atomic mass is 35.5. The number of hydrogen-bond donors (Lipinski definition) is 0. The van der Waals surface area contributed by atoms with Gasteiger partial charge in [-0.25, -0.2) is 19.3 Å². The molecule has 0 amide bonds. The van der Waals surface area contributed by atoms with Crippen LogP contribution in [0.1, 0.15) is 32.0 Å². The second-order valence-electron chi connectivity index (χ2n) is 8.12. The molecule has 7 heteroatoms. The van der Waals surface area contributed by atoms with E-state index in [2.05, 4.69) is 27.5 Å². The predicted molar refractivity (Wildman–Crippen MR) is 118 cm³/mol. The zero-order valence-corrected chi connectivity index (χ0v) is 18.1. The number of hydrogen-bond acceptors (Lipinski definition) is 3. The summed E-state index contributed by atoms with van der Waals surface area (Å²) in [5.41, 5.74) is 2.88. The van der Waals surface area contributed by atoms with Gasteiger partial charge in [-0.15, -0.1) is 0 Å². The third kappa shape index (κ3) is 3.34. The molecule has 4 nitrogen and oxygen atoms in total. The smallest absolute Gasteiger partial charge is 0.164 e. The largest absolute Gasteiger partial charge is 0.312 e. The Balaban J connectivity index is 1.64. The molecule has 3 aromatic rings. The molecular weight excluding hydrogens is 422 g/mol. The van der Waals surface area contributed by atoms with Gasteiger partial charge in [0.05, 0.1) is 5.02 Å². The fraction of sp³-hybridized carbons (Fsp3) is 0.348. The summed E-state index contributed by atoms with van der Waals surface area (Å²) in [7, 11) is 0. The first-order valence-corrected chi connectivity index (χ1v) is 11.0. The fourth-order valence-electron chi connectivity index (χ4n) is 4.47. The Morgan fingerprint density at radius 3 is 2.73 bits per heavy atom. The number of benzene rings is 1. The molecule has 1 saturated carbocycles. The van der Waals surface area contributed by atoms with E-state index in [4.69, 9.17) is 28.2 Å². The summed E-state index contributed by atoms with van der Waals surface area (Å²) in [4.78, 5) is 14.0. The summed E-state index contributed by atoms with van der Waals surface area (Å²) in [5, 5.41) is 1.10. The maximum absolute atomic E-state index is 13.7. The Bertz CT molecular complexity index is 1200. The second kappa shape index (κ2) is 7.47. The minimum Gasteiger partial charge on any atom is -0.312 e. The van der Waals surface area contributed by atoms with Crippen molar-refractivity contribution in [2.45, 2.75) is 39.2 Å². The van der Waals surface area contributed by atoms with Crippen molar-refractivity contribution in [2.75, 3.05) is 0 Å². The molecule has 2 aromatic heterocycles. The van der Waals surface area contributed by atoms with E-state index in [0.717, 1.165) is 35.5 Å². The van der Waals surface area contributed by atoms with Crippen LogP contribution >= 0.6 is 23.2 Å². The van der Waals surface area contributed by atoms with Crippen molar-refractivity contribution < 1.29 is 4.39 Å². The van der Waals surface area contributed by atoms with Crippen LogP contribution in [0.4, 0.5) is 4.39 Å². The lowest BCUT2D eigenvalue weighted by Gasteiger charge is -2.33. The molecule has 1 fully saturated rings.